The van der Waals surface area contributed by atoms with E-state index in [2.05, 4.69) is 29.4 Å². The molecule has 0 bridgehead atoms. The molecule has 3 heteroatoms. The molecule has 2 aliphatic heterocycles. The van der Waals surface area contributed by atoms with Crippen molar-refractivity contribution < 1.29 is 0 Å². The quantitative estimate of drug-likeness (QED) is 0.886. The fourth-order valence-electron chi connectivity index (χ4n) is 3.12. The molecule has 1 fully saturated rings. The van der Waals surface area contributed by atoms with Crippen LogP contribution in [0.4, 0.5) is 5.82 Å². The smallest absolute Gasteiger partial charge is 0.129 e. The van der Waals surface area contributed by atoms with Gasteiger partial charge < -0.3 is 10.2 Å². The van der Waals surface area contributed by atoms with Gasteiger partial charge in [0, 0.05) is 18.8 Å². The van der Waals surface area contributed by atoms with Crippen LogP contribution in [-0.4, -0.2) is 36.6 Å². The lowest BCUT2D eigenvalue weighted by molar-refractivity contribution is 0.387. The summed E-state index contributed by atoms with van der Waals surface area (Å²) in [6.45, 7) is 3.61. The number of pyridine rings is 1. The molecule has 1 saturated heterocycles. The molecule has 0 unspecified atom stereocenters. The first kappa shape index (κ1) is 12.0. The molecular formula is C15H23N3. The van der Waals surface area contributed by atoms with Gasteiger partial charge in [0.15, 0.2) is 0 Å². The second kappa shape index (κ2) is 5.27. The molecule has 3 nitrogen and oxygen atoms in total. The van der Waals surface area contributed by atoms with Gasteiger partial charge in [-0.3, -0.25) is 0 Å². The Morgan fingerprint density at radius 3 is 3.22 bits per heavy atom. The average molecular weight is 245 g/mol. The molecular weight excluding hydrogens is 222 g/mol. The molecule has 98 valence electrons. The second-order valence-electron chi connectivity index (χ2n) is 5.80. The zero-order chi connectivity index (χ0) is 12.4. The molecule has 0 aliphatic carbocycles. The first-order valence-corrected chi connectivity index (χ1v) is 7.22. The van der Waals surface area contributed by atoms with E-state index in [1.54, 1.807) is 0 Å². The number of likely N-dealkylation sites (tertiary alicyclic amines) is 1. The lowest BCUT2D eigenvalue weighted by Gasteiger charge is -2.18. The summed E-state index contributed by atoms with van der Waals surface area (Å²) in [5.41, 5.74) is 2.66. The van der Waals surface area contributed by atoms with Crippen molar-refractivity contribution in [2.24, 2.45) is 5.92 Å². The van der Waals surface area contributed by atoms with Crippen LogP contribution >= 0.6 is 0 Å². The number of aromatic nitrogens is 1. The van der Waals surface area contributed by atoms with Gasteiger partial charge in [-0.2, -0.15) is 0 Å². The molecule has 0 amide bonds. The minimum Gasteiger partial charge on any atom is -0.370 e. The molecule has 2 aliphatic rings. The second-order valence-corrected chi connectivity index (χ2v) is 5.80. The highest BCUT2D eigenvalue weighted by Gasteiger charge is 2.19. The first-order valence-electron chi connectivity index (χ1n) is 7.22. The third-order valence-electron chi connectivity index (χ3n) is 4.25. The van der Waals surface area contributed by atoms with E-state index in [9.17, 15) is 0 Å². The number of hydrogen-bond donors (Lipinski definition) is 1. The minimum atomic E-state index is 0.876. The van der Waals surface area contributed by atoms with Crippen LogP contribution in [0.2, 0.25) is 0 Å². The topological polar surface area (TPSA) is 28.2 Å². The predicted molar refractivity (Wildman–Crippen MR) is 75.0 cm³/mol. The van der Waals surface area contributed by atoms with Crippen molar-refractivity contribution in [2.75, 3.05) is 32.0 Å². The Hall–Kier alpha value is -1.09. The minimum absolute atomic E-state index is 0.876. The summed E-state index contributed by atoms with van der Waals surface area (Å²) in [5.74, 6) is 2.02. The fourth-order valence-corrected chi connectivity index (χ4v) is 3.12. The Bertz CT molecular complexity index is 416. The van der Waals surface area contributed by atoms with Gasteiger partial charge in [0.05, 0.1) is 0 Å². The number of rotatable bonds is 3. The zero-order valence-corrected chi connectivity index (χ0v) is 11.3. The van der Waals surface area contributed by atoms with Crippen molar-refractivity contribution in [3.05, 3.63) is 23.4 Å². The molecule has 1 aromatic rings. The predicted octanol–water partition coefficient (Wildman–Crippen LogP) is 2.32. The molecule has 0 aromatic carbocycles. The van der Waals surface area contributed by atoms with E-state index in [0.29, 0.717) is 0 Å². The Morgan fingerprint density at radius 2 is 2.39 bits per heavy atom. The van der Waals surface area contributed by atoms with Crippen LogP contribution in [0.1, 0.15) is 30.5 Å². The Morgan fingerprint density at radius 1 is 1.44 bits per heavy atom. The summed E-state index contributed by atoms with van der Waals surface area (Å²) < 4.78 is 0. The number of nitrogens with one attached hydrogen (secondary N) is 1. The number of hydrogen-bond acceptors (Lipinski definition) is 3. The van der Waals surface area contributed by atoms with Crippen LogP contribution in [0, 0.1) is 5.92 Å². The monoisotopic (exact) mass is 245 g/mol. The normalized spacial score (nSPS) is 23.7. The maximum atomic E-state index is 4.77. The van der Waals surface area contributed by atoms with Crippen LogP contribution < -0.4 is 5.32 Å². The number of fused-ring (bicyclic) bond motifs is 1. The van der Waals surface area contributed by atoms with Gasteiger partial charge >= 0.3 is 0 Å². The van der Waals surface area contributed by atoms with Gasteiger partial charge in [-0.1, -0.05) is 6.07 Å². The van der Waals surface area contributed by atoms with Gasteiger partial charge in [0.25, 0.3) is 0 Å². The Kier molecular flexibility index (Phi) is 3.50. The number of anilines is 1. The molecule has 18 heavy (non-hydrogen) atoms. The summed E-state index contributed by atoms with van der Waals surface area (Å²) in [4.78, 5) is 7.21. The number of nitrogens with zero attached hydrogens (tertiary/aromatic N) is 2. The van der Waals surface area contributed by atoms with Crippen molar-refractivity contribution in [3.8, 4) is 0 Å². The summed E-state index contributed by atoms with van der Waals surface area (Å²) in [5, 5.41) is 3.42. The van der Waals surface area contributed by atoms with Crippen LogP contribution in [0.25, 0.3) is 0 Å². The summed E-state index contributed by atoms with van der Waals surface area (Å²) in [6.07, 6.45) is 6.20. The largest absolute Gasteiger partial charge is 0.370 e. The molecule has 1 atom stereocenters. The van der Waals surface area contributed by atoms with Crippen LogP contribution in [-0.2, 0) is 12.8 Å². The highest BCUT2D eigenvalue weighted by Crippen LogP contribution is 2.23. The fraction of sp³-hybridized carbons (Fsp3) is 0.667. The first-order chi connectivity index (χ1) is 8.81. The lowest BCUT2D eigenvalue weighted by Crippen LogP contribution is -2.15. The molecule has 1 N–H and O–H groups in total. The third-order valence-corrected chi connectivity index (χ3v) is 4.25. The van der Waals surface area contributed by atoms with Crippen LogP contribution in [0.5, 0.6) is 0 Å². The Balaban J connectivity index is 1.59. The van der Waals surface area contributed by atoms with Crippen LogP contribution in [0.3, 0.4) is 0 Å². The molecule has 3 rings (SSSR count). The van der Waals surface area contributed by atoms with Crippen molar-refractivity contribution >= 4 is 5.82 Å². The van der Waals surface area contributed by atoms with Gasteiger partial charge in [0.1, 0.15) is 5.82 Å². The molecule has 0 radical (unpaired) electrons. The van der Waals surface area contributed by atoms with Gasteiger partial charge in [-0.25, -0.2) is 4.98 Å². The van der Waals surface area contributed by atoms with Crippen molar-refractivity contribution in [1.82, 2.24) is 9.88 Å². The van der Waals surface area contributed by atoms with E-state index in [1.807, 2.05) is 0 Å². The van der Waals surface area contributed by atoms with Crippen molar-refractivity contribution in [2.45, 2.75) is 32.1 Å². The summed E-state index contributed by atoms with van der Waals surface area (Å²) in [7, 11) is 2.22. The standard InChI is InChI=1S/C15H23N3/c1-18-10-8-12(11-18)4-6-14-7-5-13-3-2-9-16-15(13)17-14/h5,7,12H,2-4,6,8-11H2,1H3,(H,16,17)/t12-/m1/s1. The maximum absolute atomic E-state index is 4.77. The van der Waals surface area contributed by atoms with E-state index in [0.717, 1.165) is 24.7 Å². The van der Waals surface area contributed by atoms with Crippen LogP contribution in [0.15, 0.2) is 12.1 Å². The number of aryl methyl sites for hydroxylation is 2. The van der Waals surface area contributed by atoms with E-state index < -0.39 is 0 Å². The average Bonchev–Trinajstić information content (AvgIpc) is 2.82. The summed E-state index contributed by atoms with van der Waals surface area (Å²) in [6, 6.07) is 4.50. The van der Waals surface area contributed by atoms with Gasteiger partial charge in [-0.15, -0.1) is 0 Å². The van der Waals surface area contributed by atoms with Gasteiger partial charge in [0.2, 0.25) is 0 Å². The highest BCUT2D eigenvalue weighted by molar-refractivity contribution is 5.46. The molecule has 0 saturated carbocycles. The molecule has 3 heterocycles. The van der Waals surface area contributed by atoms with Crippen molar-refractivity contribution in [1.29, 1.82) is 0 Å². The molecule has 1 aromatic heterocycles. The lowest BCUT2D eigenvalue weighted by atomic mass is 10.00. The summed E-state index contributed by atoms with van der Waals surface area (Å²) >= 11 is 0. The van der Waals surface area contributed by atoms with E-state index in [-0.39, 0.29) is 0 Å². The van der Waals surface area contributed by atoms with Gasteiger partial charge in [-0.05, 0) is 63.2 Å². The Labute approximate surface area is 110 Å². The zero-order valence-electron chi connectivity index (χ0n) is 11.3. The SMILES string of the molecule is CN1CC[C@@H](CCc2ccc3c(n2)NCCC3)C1. The van der Waals surface area contributed by atoms with Crippen molar-refractivity contribution in [3.63, 3.8) is 0 Å². The maximum Gasteiger partial charge on any atom is 0.129 e. The van der Waals surface area contributed by atoms with E-state index in [1.165, 1.54) is 50.0 Å². The highest BCUT2D eigenvalue weighted by atomic mass is 15.1. The third kappa shape index (κ3) is 2.66. The van der Waals surface area contributed by atoms with E-state index >= 15 is 0 Å². The molecule has 0 spiro atoms. The van der Waals surface area contributed by atoms with E-state index in [4.69, 9.17) is 4.98 Å².